The molecule has 0 aliphatic carbocycles. The molecule has 0 bridgehead atoms. The molecule has 0 radical (unpaired) electrons. The lowest BCUT2D eigenvalue weighted by molar-refractivity contribution is -0.139. The van der Waals surface area contributed by atoms with Crippen molar-refractivity contribution < 1.29 is 9.53 Å². The minimum atomic E-state index is -0.327. The number of carbonyl (C=O) groups is 1. The summed E-state index contributed by atoms with van der Waals surface area (Å²) in [5.41, 5.74) is 5.57. The van der Waals surface area contributed by atoms with Crippen LogP contribution in [0.5, 0.6) is 0 Å². The van der Waals surface area contributed by atoms with Crippen molar-refractivity contribution >= 4 is 5.97 Å². The quantitative estimate of drug-likeness (QED) is 0.527. The lowest BCUT2D eigenvalue weighted by atomic mass is 10.1. The van der Waals surface area contributed by atoms with E-state index in [0.29, 0.717) is 18.7 Å². The van der Waals surface area contributed by atoms with Gasteiger partial charge in [0.15, 0.2) is 0 Å². The second-order valence-electron chi connectivity index (χ2n) is 6.48. The topological polar surface area (TPSA) is 29.5 Å². The number of aryl methyl sites for hydroxylation is 2. The van der Waals surface area contributed by atoms with E-state index in [9.17, 15) is 4.79 Å². The van der Waals surface area contributed by atoms with Gasteiger partial charge in [0, 0.05) is 25.2 Å². The van der Waals surface area contributed by atoms with Gasteiger partial charge in [-0.15, -0.1) is 0 Å². The van der Waals surface area contributed by atoms with E-state index in [4.69, 9.17) is 4.74 Å². The fourth-order valence-corrected chi connectivity index (χ4v) is 2.66. The van der Waals surface area contributed by atoms with Crippen LogP contribution in [0.2, 0.25) is 0 Å². The molecule has 0 saturated carbocycles. The number of carbonyl (C=O) groups excluding carboxylic acids is 1. The van der Waals surface area contributed by atoms with Crippen molar-refractivity contribution in [1.29, 1.82) is 0 Å². The van der Waals surface area contributed by atoms with Gasteiger partial charge in [0.2, 0.25) is 0 Å². The molecule has 0 spiro atoms. The molecule has 3 nitrogen and oxygen atoms in total. The Kier molecular flexibility index (Phi) is 6.96. The summed E-state index contributed by atoms with van der Waals surface area (Å²) in [5.74, 6) is -0.327. The van der Waals surface area contributed by atoms with Crippen LogP contribution >= 0.6 is 0 Å². The molecule has 25 heavy (non-hydrogen) atoms. The molecule has 0 N–H and O–H groups in total. The standard InChI is InChI=1S/C22H27NO2/c1-17(2)22(24)25-14-13-23(15-20-11-7-5-9-18(20)3)16-21-12-8-6-10-19(21)4/h5-12H,1,13-16H2,2-4H3. The average molecular weight is 337 g/mol. The van der Waals surface area contributed by atoms with Gasteiger partial charge in [0.05, 0.1) is 0 Å². The second-order valence-corrected chi connectivity index (χ2v) is 6.48. The minimum absolute atomic E-state index is 0.327. The zero-order chi connectivity index (χ0) is 18.2. The average Bonchev–Trinajstić information content (AvgIpc) is 2.58. The molecule has 3 heteroatoms. The van der Waals surface area contributed by atoms with Crippen molar-refractivity contribution in [2.24, 2.45) is 0 Å². The number of rotatable bonds is 8. The van der Waals surface area contributed by atoms with Gasteiger partial charge in [-0.05, 0) is 43.0 Å². The zero-order valence-electron chi connectivity index (χ0n) is 15.4. The summed E-state index contributed by atoms with van der Waals surface area (Å²) in [5, 5.41) is 0. The molecule has 0 aliphatic heterocycles. The maximum absolute atomic E-state index is 11.6. The molecule has 0 amide bonds. The first-order valence-corrected chi connectivity index (χ1v) is 8.61. The molecule has 0 fully saturated rings. The predicted octanol–water partition coefficient (Wildman–Crippen LogP) is 4.42. The van der Waals surface area contributed by atoms with Crippen LogP contribution in [-0.2, 0) is 22.6 Å². The summed E-state index contributed by atoms with van der Waals surface area (Å²) in [7, 11) is 0. The van der Waals surface area contributed by atoms with Crippen LogP contribution in [0.3, 0.4) is 0 Å². The smallest absolute Gasteiger partial charge is 0.333 e. The molecule has 0 aliphatic rings. The largest absolute Gasteiger partial charge is 0.461 e. The first-order valence-electron chi connectivity index (χ1n) is 8.61. The Balaban J connectivity index is 2.08. The fourth-order valence-electron chi connectivity index (χ4n) is 2.66. The van der Waals surface area contributed by atoms with Gasteiger partial charge in [-0.1, -0.05) is 55.1 Å². The van der Waals surface area contributed by atoms with E-state index in [1.54, 1.807) is 6.92 Å². The normalized spacial score (nSPS) is 10.7. The number of hydrogen-bond donors (Lipinski definition) is 0. The van der Waals surface area contributed by atoms with Gasteiger partial charge < -0.3 is 4.74 Å². The van der Waals surface area contributed by atoms with Gasteiger partial charge in [0.25, 0.3) is 0 Å². The molecule has 0 saturated heterocycles. The van der Waals surface area contributed by atoms with Crippen molar-refractivity contribution in [3.8, 4) is 0 Å². The van der Waals surface area contributed by atoms with Gasteiger partial charge in [0.1, 0.15) is 6.61 Å². The minimum Gasteiger partial charge on any atom is -0.461 e. The maximum atomic E-state index is 11.6. The molecule has 132 valence electrons. The Hall–Kier alpha value is -2.39. The number of ether oxygens (including phenoxy) is 1. The fraction of sp³-hybridized carbons (Fsp3) is 0.318. The Bertz CT molecular complexity index is 689. The Labute approximate surface area is 150 Å². The third-order valence-electron chi connectivity index (χ3n) is 4.30. The third kappa shape index (κ3) is 5.87. The summed E-state index contributed by atoms with van der Waals surface area (Å²) in [6, 6.07) is 16.8. The van der Waals surface area contributed by atoms with Gasteiger partial charge in [-0.3, -0.25) is 4.90 Å². The molecular weight excluding hydrogens is 310 g/mol. The van der Waals surface area contributed by atoms with Crippen molar-refractivity contribution in [3.63, 3.8) is 0 Å². The third-order valence-corrected chi connectivity index (χ3v) is 4.30. The van der Waals surface area contributed by atoms with Gasteiger partial charge in [-0.25, -0.2) is 4.79 Å². The summed E-state index contributed by atoms with van der Waals surface area (Å²) in [6.45, 7) is 12.2. The molecule has 2 rings (SSSR count). The van der Waals surface area contributed by atoms with Crippen LogP contribution < -0.4 is 0 Å². The highest BCUT2D eigenvalue weighted by atomic mass is 16.5. The van der Waals surface area contributed by atoms with E-state index in [0.717, 1.165) is 13.1 Å². The highest BCUT2D eigenvalue weighted by molar-refractivity contribution is 5.86. The molecule has 0 unspecified atom stereocenters. The number of benzene rings is 2. The van der Waals surface area contributed by atoms with E-state index in [2.05, 4.69) is 73.9 Å². The lowest BCUT2D eigenvalue weighted by Gasteiger charge is -2.24. The first kappa shape index (κ1) is 18.9. The summed E-state index contributed by atoms with van der Waals surface area (Å²) < 4.78 is 5.29. The van der Waals surface area contributed by atoms with Crippen molar-refractivity contribution in [2.45, 2.75) is 33.9 Å². The van der Waals surface area contributed by atoms with Crippen molar-refractivity contribution in [2.75, 3.05) is 13.2 Å². The highest BCUT2D eigenvalue weighted by Crippen LogP contribution is 2.15. The maximum Gasteiger partial charge on any atom is 0.333 e. The Morgan fingerprint density at radius 2 is 1.44 bits per heavy atom. The lowest BCUT2D eigenvalue weighted by Crippen LogP contribution is -2.28. The SMILES string of the molecule is C=C(C)C(=O)OCCN(Cc1ccccc1C)Cc1ccccc1C. The highest BCUT2D eigenvalue weighted by Gasteiger charge is 2.11. The molecule has 2 aromatic rings. The van der Waals surface area contributed by atoms with Crippen LogP contribution in [0.4, 0.5) is 0 Å². The van der Waals surface area contributed by atoms with Gasteiger partial charge >= 0.3 is 5.97 Å². The number of nitrogens with zero attached hydrogens (tertiary/aromatic N) is 1. The number of hydrogen-bond acceptors (Lipinski definition) is 3. The zero-order valence-corrected chi connectivity index (χ0v) is 15.4. The predicted molar refractivity (Wildman–Crippen MR) is 102 cm³/mol. The Morgan fingerprint density at radius 3 is 1.88 bits per heavy atom. The van der Waals surface area contributed by atoms with E-state index in [-0.39, 0.29) is 5.97 Å². The molecule has 2 aromatic carbocycles. The van der Waals surface area contributed by atoms with E-state index >= 15 is 0 Å². The van der Waals surface area contributed by atoms with E-state index in [1.807, 2.05) is 0 Å². The summed E-state index contributed by atoms with van der Waals surface area (Å²) >= 11 is 0. The van der Waals surface area contributed by atoms with E-state index in [1.165, 1.54) is 22.3 Å². The van der Waals surface area contributed by atoms with E-state index < -0.39 is 0 Å². The van der Waals surface area contributed by atoms with Crippen LogP contribution in [0.1, 0.15) is 29.2 Å². The summed E-state index contributed by atoms with van der Waals surface area (Å²) in [4.78, 5) is 13.9. The first-order chi connectivity index (χ1) is 12.0. The van der Waals surface area contributed by atoms with Crippen molar-refractivity contribution in [1.82, 2.24) is 4.90 Å². The van der Waals surface area contributed by atoms with Crippen LogP contribution in [0, 0.1) is 13.8 Å². The van der Waals surface area contributed by atoms with Gasteiger partial charge in [-0.2, -0.15) is 0 Å². The molecule has 0 aromatic heterocycles. The summed E-state index contributed by atoms with van der Waals surface area (Å²) in [6.07, 6.45) is 0. The van der Waals surface area contributed by atoms with Crippen LogP contribution in [0.25, 0.3) is 0 Å². The number of esters is 1. The molecule has 0 heterocycles. The van der Waals surface area contributed by atoms with Crippen LogP contribution in [-0.4, -0.2) is 24.0 Å². The van der Waals surface area contributed by atoms with Crippen molar-refractivity contribution in [3.05, 3.63) is 82.9 Å². The molecular formula is C22H27NO2. The molecule has 0 atom stereocenters. The monoisotopic (exact) mass is 337 g/mol. The second kappa shape index (κ2) is 9.19. The Morgan fingerprint density at radius 1 is 0.960 bits per heavy atom. The van der Waals surface area contributed by atoms with Crippen LogP contribution in [0.15, 0.2) is 60.7 Å².